The lowest BCUT2D eigenvalue weighted by molar-refractivity contribution is -0.129. The molecule has 0 fully saturated rings. The van der Waals surface area contributed by atoms with E-state index in [0.29, 0.717) is 5.82 Å². The van der Waals surface area contributed by atoms with Crippen LogP contribution in [0.4, 0.5) is 0 Å². The molecular weight excluding hydrogens is 246 g/mol. The quantitative estimate of drug-likeness (QED) is 0.851. The van der Waals surface area contributed by atoms with Crippen LogP contribution in [0.25, 0.3) is 0 Å². The van der Waals surface area contributed by atoms with Crippen molar-refractivity contribution in [1.29, 1.82) is 0 Å². The highest BCUT2D eigenvalue weighted by Crippen LogP contribution is 2.17. The van der Waals surface area contributed by atoms with Crippen LogP contribution in [0.2, 0.25) is 0 Å². The summed E-state index contributed by atoms with van der Waals surface area (Å²) in [4.78, 5) is 30.5. The van der Waals surface area contributed by atoms with Crippen LogP contribution in [0.3, 0.4) is 0 Å². The Bertz CT molecular complexity index is 473. The molecule has 0 aliphatic rings. The first-order valence-corrected chi connectivity index (χ1v) is 6.01. The van der Waals surface area contributed by atoms with Gasteiger partial charge in [0.1, 0.15) is 5.82 Å². The van der Waals surface area contributed by atoms with Gasteiger partial charge in [-0.1, -0.05) is 20.8 Å². The molecule has 0 bridgehead atoms. The first-order valence-electron chi connectivity index (χ1n) is 6.01. The average Bonchev–Trinajstić information content (AvgIpc) is 2.76. The highest BCUT2D eigenvalue weighted by molar-refractivity contribution is 5.93. The second-order valence-corrected chi connectivity index (χ2v) is 5.71. The van der Waals surface area contributed by atoms with Gasteiger partial charge in [-0.15, -0.1) is 5.10 Å². The lowest BCUT2D eigenvalue weighted by atomic mass is 9.96. The fraction of sp³-hybridized carbons (Fsp3) is 0.667. The number of aromatic nitrogens is 3. The Hall–Kier alpha value is -1.92. The van der Waals surface area contributed by atoms with Crippen LogP contribution in [0.1, 0.15) is 37.2 Å². The van der Waals surface area contributed by atoms with E-state index >= 15 is 0 Å². The maximum atomic E-state index is 12.1. The largest absolute Gasteiger partial charge is 0.347 e. The Kier molecular flexibility index (Phi) is 4.28. The summed E-state index contributed by atoms with van der Waals surface area (Å²) in [6, 6.07) is 0. The Morgan fingerprint density at radius 2 is 1.79 bits per heavy atom. The van der Waals surface area contributed by atoms with E-state index in [1.807, 2.05) is 20.8 Å². The summed E-state index contributed by atoms with van der Waals surface area (Å²) < 4.78 is 0. The van der Waals surface area contributed by atoms with Crippen LogP contribution in [0.15, 0.2) is 0 Å². The molecule has 19 heavy (non-hydrogen) atoms. The van der Waals surface area contributed by atoms with Crippen molar-refractivity contribution < 1.29 is 9.59 Å². The standard InChI is InChI=1S/C12H21N5O2/c1-12(2,3)11-13-9(14-15-11)10(19)17(6)7-8(18)16(4)5/h7H2,1-6H3,(H,13,14,15). The Morgan fingerprint density at radius 1 is 1.21 bits per heavy atom. The van der Waals surface area contributed by atoms with Crippen LogP contribution < -0.4 is 0 Å². The molecule has 0 aliphatic carbocycles. The van der Waals surface area contributed by atoms with Crippen molar-refractivity contribution in [2.24, 2.45) is 0 Å². The zero-order valence-corrected chi connectivity index (χ0v) is 12.3. The second kappa shape index (κ2) is 5.38. The predicted octanol–water partition coefficient (Wildman–Crippen LogP) is 0.262. The van der Waals surface area contributed by atoms with E-state index in [0.717, 1.165) is 0 Å². The summed E-state index contributed by atoms with van der Waals surface area (Å²) in [6.45, 7) is 5.92. The van der Waals surface area contributed by atoms with Crippen molar-refractivity contribution in [2.45, 2.75) is 26.2 Å². The summed E-state index contributed by atoms with van der Waals surface area (Å²) in [7, 11) is 4.84. The fourth-order valence-corrected chi connectivity index (χ4v) is 1.28. The maximum Gasteiger partial charge on any atom is 0.293 e. The number of amides is 2. The average molecular weight is 267 g/mol. The third-order valence-electron chi connectivity index (χ3n) is 2.61. The zero-order valence-electron chi connectivity index (χ0n) is 12.3. The molecule has 0 saturated heterocycles. The van der Waals surface area contributed by atoms with Gasteiger partial charge in [0, 0.05) is 26.6 Å². The molecule has 0 aromatic carbocycles. The first kappa shape index (κ1) is 15.1. The number of aromatic amines is 1. The molecule has 0 spiro atoms. The van der Waals surface area contributed by atoms with Crippen LogP contribution in [0.5, 0.6) is 0 Å². The second-order valence-electron chi connectivity index (χ2n) is 5.71. The number of H-pyrrole nitrogens is 1. The van der Waals surface area contributed by atoms with E-state index in [4.69, 9.17) is 0 Å². The minimum absolute atomic E-state index is 0.00518. The lowest BCUT2D eigenvalue weighted by Gasteiger charge is -2.17. The van der Waals surface area contributed by atoms with E-state index < -0.39 is 0 Å². The third kappa shape index (κ3) is 3.77. The van der Waals surface area contributed by atoms with Crippen LogP contribution in [-0.2, 0) is 10.2 Å². The van der Waals surface area contributed by atoms with Gasteiger partial charge in [-0.05, 0) is 0 Å². The number of rotatable bonds is 3. The summed E-state index contributed by atoms with van der Waals surface area (Å²) in [6.07, 6.45) is 0. The van der Waals surface area contributed by atoms with Crippen molar-refractivity contribution in [3.63, 3.8) is 0 Å². The van der Waals surface area contributed by atoms with Crippen molar-refractivity contribution in [2.75, 3.05) is 27.7 Å². The highest BCUT2D eigenvalue weighted by Gasteiger charge is 2.24. The molecule has 2 amide bonds. The van der Waals surface area contributed by atoms with E-state index in [2.05, 4.69) is 15.2 Å². The Balaban J connectivity index is 2.78. The molecule has 7 nitrogen and oxygen atoms in total. The van der Waals surface area contributed by atoms with Gasteiger partial charge >= 0.3 is 0 Å². The summed E-state index contributed by atoms with van der Waals surface area (Å²) in [5.74, 6) is 0.201. The number of hydrogen-bond acceptors (Lipinski definition) is 4. The number of hydrogen-bond donors (Lipinski definition) is 1. The number of likely N-dealkylation sites (N-methyl/N-ethyl adjacent to an activating group) is 2. The van der Waals surface area contributed by atoms with Crippen molar-refractivity contribution in [3.8, 4) is 0 Å². The molecule has 1 heterocycles. The van der Waals surface area contributed by atoms with Gasteiger partial charge in [0.25, 0.3) is 5.91 Å². The maximum absolute atomic E-state index is 12.1. The number of carbonyl (C=O) groups excluding carboxylic acids is 2. The molecule has 1 aromatic heterocycles. The van der Waals surface area contributed by atoms with E-state index in [1.165, 1.54) is 9.80 Å². The van der Waals surface area contributed by atoms with Crippen LogP contribution >= 0.6 is 0 Å². The first-order chi connectivity index (χ1) is 8.62. The molecule has 0 unspecified atom stereocenters. The van der Waals surface area contributed by atoms with E-state index in [9.17, 15) is 9.59 Å². The van der Waals surface area contributed by atoms with Crippen molar-refractivity contribution in [3.05, 3.63) is 11.6 Å². The van der Waals surface area contributed by atoms with Gasteiger partial charge < -0.3 is 9.80 Å². The normalized spacial score (nSPS) is 11.3. The number of nitrogens with one attached hydrogen (secondary N) is 1. The van der Waals surface area contributed by atoms with Gasteiger partial charge in [-0.25, -0.2) is 4.98 Å². The molecule has 106 valence electrons. The molecular formula is C12H21N5O2. The molecule has 0 saturated carbocycles. The fourth-order valence-electron chi connectivity index (χ4n) is 1.28. The topological polar surface area (TPSA) is 82.2 Å². The van der Waals surface area contributed by atoms with Crippen molar-refractivity contribution >= 4 is 11.8 Å². The summed E-state index contributed by atoms with van der Waals surface area (Å²) >= 11 is 0. The Labute approximate surface area is 113 Å². The van der Waals surface area contributed by atoms with Gasteiger partial charge in [0.15, 0.2) is 0 Å². The summed E-state index contributed by atoms with van der Waals surface area (Å²) in [5.41, 5.74) is -0.205. The molecule has 0 aliphatic heterocycles. The minimum Gasteiger partial charge on any atom is -0.347 e. The number of nitrogens with zero attached hydrogens (tertiary/aromatic N) is 4. The van der Waals surface area contributed by atoms with E-state index in [1.54, 1.807) is 21.1 Å². The van der Waals surface area contributed by atoms with Crippen molar-refractivity contribution in [1.82, 2.24) is 25.0 Å². The molecule has 0 radical (unpaired) electrons. The molecule has 1 N–H and O–H groups in total. The summed E-state index contributed by atoms with van der Waals surface area (Å²) in [5, 5.41) is 6.66. The van der Waals surface area contributed by atoms with Gasteiger partial charge in [0.05, 0.1) is 6.54 Å². The van der Waals surface area contributed by atoms with E-state index in [-0.39, 0.29) is 29.6 Å². The van der Waals surface area contributed by atoms with Crippen LogP contribution in [0, 0.1) is 0 Å². The van der Waals surface area contributed by atoms with Gasteiger partial charge in [0.2, 0.25) is 11.7 Å². The highest BCUT2D eigenvalue weighted by atomic mass is 16.2. The SMILES string of the molecule is CN(C)C(=O)CN(C)C(=O)c1n[nH]c(C(C)(C)C)n1. The lowest BCUT2D eigenvalue weighted by Crippen LogP contribution is -2.38. The third-order valence-corrected chi connectivity index (χ3v) is 2.61. The molecule has 1 rings (SSSR count). The molecule has 7 heteroatoms. The predicted molar refractivity (Wildman–Crippen MR) is 70.7 cm³/mol. The minimum atomic E-state index is -0.373. The molecule has 0 atom stereocenters. The molecule has 1 aromatic rings. The smallest absolute Gasteiger partial charge is 0.293 e. The van der Waals surface area contributed by atoms with Gasteiger partial charge in [-0.2, -0.15) is 0 Å². The van der Waals surface area contributed by atoms with Gasteiger partial charge in [-0.3, -0.25) is 14.7 Å². The van der Waals surface area contributed by atoms with Crippen LogP contribution in [-0.4, -0.2) is 64.5 Å². The zero-order chi connectivity index (χ0) is 14.8. The monoisotopic (exact) mass is 267 g/mol. The number of carbonyl (C=O) groups is 2. The Morgan fingerprint density at radius 3 is 2.21 bits per heavy atom.